The maximum absolute atomic E-state index is 8.14. The summed E-state index contributed by atoms with van der Waals surface area (Å²) in [6.07, 6.45) is 2.96. The summed E-state index contributed by atoms with van der Waals surface area (Å²) in [5, 5.41) is 8.14. The van der Waals surface area contributed by atoms with Crippen LogP contribution in [0.2, 0.25) is 0 Å². The van der Waals surface area contributed by atoms with Crippen LogP contribution in [-0.2, 0) is 0 Å². The lowest BCUT2D eigenvalue weighted by Crippen LogP contribution is -1.90. The van der Waals surface area contributed by atoms with Crippen LogP contribution in [0.25, 0.3) is 0 Å². The summed E-state index contributed by atoms with van der Waals surface area (Å²) >= 11 is 0. The fourth-order valence-electron chi connectivity index (χ4n) is 0. The summed E-state index contributed by atoms with van der Waals surface area (Å²) < 4.78 is 0. The van der Waals surface area contributed by atoms with E-state index in [1.807, 2.05) is 19.9 Å². The van der Waals surface area contributed by atoms with Crippen LogP contribution in [0.1, 0.15) is 27.2 Å². The molecule has 0 aromatic rings. The van der Waals surface area contributed by atoms with Crippen LogP contribution >= 0.6 is 0 Å². The molecule has 1 N–H and O–H groups in total. The zero-order valence-electron chi connectivity index (χ0n) is 6.72. The average Bonchev–Trinajstić information content (AvgIpc) is 1.89. The van der Waals surface area contributed by atoms with E-state index >= 15 is 0 Å². The molecule has 0 amide bonds. The van der Waals surface area contributed by atoms with Crippen molar-refractivity contribution in [2.45, 2.75) is 27.2 Å². The van der Waals surface area contributed by atoms with Gasteiger partial charge in [0.05, 0.1) is 0 Å². The molecule has 0 aromatic carbocycles. The van der Waals surface area contributed by atoms with Crippen LogP contribution in [-0.4, -0.2) is 11.7 Å². The Hall–Kier alpha value is -0.300. The maximum atomic E-state index is 8.14. The van der Waals surface area contributed by atoms with Gasteiger partial charge < -0.3 is 5.11 Å². The Balaban J connectivity index is 0. The van der Waals surface area contributed by atoms with Gasteiger partial charge in [-0.1, -0.05) is 26.8 Å². The van der Waals surface area contributed by atoms with Crippen molar-refractivity contribution in [2.75, 3.05) is 6.61 Å². The minimum absolute atomic E-state index is 0.306. The summed E-state index contributed by atoms with van der Waals surface area (Å²) in [5.74, 6) is 0.440. The summed E-state index contributed by atoms with van der Waals surface area (Å²) in [6.45, 7) is 9.79. The number of rotatable bonds is 2. The lowest BCUT2D eigenvalue weighted by Gasteiger charge is -1.90. The van der Waals surface area contributed by atoms with Crippen molar-refractivity contribution in [3.05, 3.63) is 12.7 Å². The molecule has 0 aliphatic carbocycles. The SMILES string of the molecule is C=CCC.CC(C)CO. The molecule has 0 spiro atoms. The first kappa shape index (κ1) is 11.5. The van der Waals surface area contributed by atoms with E-state index in [1.54, 1.807) is 0 Å². The van der Waals surface area contributed by atoms with E-state index in [9.17, 15) is 0 Å². The Bertz CT molecular complexity index is 48.5. The highest BCUT2D eigenvalue weighted by Crippen LogP contribution is 1.83. The Labute approximate surface area is 58.4 Å². The molecule has 1 nitrogen and oxygen atoms in total. The number of hydrogen-bond donors (Lipinski definition) is 1. The Morgan fingerprint density at radius 1 is 1.56 bits per heavy atom. The molecule has 9 heavy (non-hydrogen) atoms. The molecule has 56 valence electrons. The lowest BCUT2D eigenvalue weighted by atomic mass is 10.2. The van der Waals surface area contributed by atoms with Crippen molar-refractivity contribution in [3.8, 4) is 0 Å². The van der Waals surface area contributed by atoms with E-state index in [2.05, 4.69) is 13.5 Å². The third kappa shape index (κ3) is 34.3. The first-order valence-corrected chi connectivity index (χ1v) is 3.40. The van der Waals surface area contributed by atoms with Gasteiger partial charge in [-0.2, -0.15) is 0 Å². The van der Waals surface area contributed by atoms with Crippen molar-refractivity contribution in [3.63, 3.8) is 0 Å². The van der Waals surface area contributed by atoms with E-state index < -0.39 is 0 Å². The van der Waals surface area contributed by atoms with Crippen molar-refractivity contribution in [1.82, 2.24) is 0 Å². The summed E-state index contributed by atoms with van der Waals surface area (Å²) in [5.41, 5.74) is 0. The summed E-state index contributed by atoms with van der Waals surface area (Å²) in [7, 11) is 0. The highest BCUT2D eigenvalue weighted by atomic mass is 16.3. The van der Waals surface area contributed by atoms with Gasteiger partial charge >= 0.3 is 0 Å². The van der Waals surface area contributed by atoms with Gasteiger partial charge in [0.2, 0.25) is 0 Å². The summed E-state index contributed by atoms with van der Waals surface area (Å²) in [4.78, 5) is 0. The molecular formula is C8H18O. The van der Waals surface area contributed by atoms with E-state index in [-0.39, 0.29) is 0 Å². The van der Waals surface area contributed by atoms with Gasteiger partial charge in [-0.25, -0.2) is 0 Å². The van der Waals surface area contributed by atoms with Crippen molar-refractivity contribution < 1.29 is 5.11 Å². The fourth-order valence-corrected chi connectivity index (χ4v) is 0. The smallest absolute Gasteiger partial charge is 0.0453 e. The van der Waals surface area contributed by atoms with Gasteiger partial charge in [-0.15, -0.1) is 6.58 Å². The second-order valence-corrected chi connectivity index (χ2v) is 2.27. The van der Waals surface area contributed by atoms with E-state index in [4.69, 9.17) is 5.11 Å². The fraction of sp³-hybridized carbons (Fsp3) is 0.750. The molecule has 0 atom stereocenters. The zero-order valence-corrected chi connectivity index (χ0v) is 6.72. The molecule has 0 heterocycles. The maximum Gasteiger partial charge on any atom is 0.0453 e. The molecule has 0 rings (SSSR count). The number of hydrogen-bond acceptors (Lipinski definition) is 1. The van der Waals surface area contributed by atoms with Gasteiger partial charge in [0.15, 0.2) is 0 Å². The Morgan fingerprint density at radius 3 is 1.78 bits per heavy atom. The molecule has 0 aromatic heterocycles. The highest BCUT2D eigenvalue weighted by molar-refractivity contribution is 4.60. The van der Waals surface area contributed by atoms with Crippen molar-refractivity contribution in [1.29, 1.82) is 0 Å². The standard InChI is InChI=1S/C4H10O.C4H8/c1-4(2)3-5;1-3-4-2/h4-5H,3H2,1-2H3;3H,1,4H2,2H3. The van der Waals surface area contributed by atoms with Crippen LogP contribution < -0.4 is 0 Å². The zero-order chi connectivity index (χ0) is 7.70. The largest absolute Gasteiger partial charge is 0.396 e. The van der Waals surface area contributed by atoms with Gasteiger partial charge in [0.25, 0.3) is 0 Å². The van der Waals surface area contributed by atoms with Crippen molar-refractivity contribution >= 4 is 0 Å². The van der Waals surface area contributed by atoms with Crippen LogP contribution in [0.3, 0.4) is 0 Å². The Kier molecular flexibility index (Phi) is 13.6. The third-order valence-electron chi connectivity index (χ3n) is 0.654. The topological polar surface area (TPSA) is 20.2 Å². The van der Waals surface area contributed by atoms with Crippen LogP contribution in [0, 0.1) is 5.92 Å². The molecule has 0 radical (unpaired) electrons. The monoisotopic (exact) mass is 130 g/mol. The Morgan fingerprint density at radius 2 is 1.78 bits per heavy atom. The van der Waals surface area contributed by atoms with E-state index in [0.29, 0.717) is 12.5 Å². The number of allylic oxidation sites excluding steroid dienone is 1. The van der Waals surface area contributed by atoms with Gasteiger partial charge in [-0.3, -0.25) is 0 Å². The first-order valence-electron chi connectivity index (χ1n) is 3.40. The summed E-state index contributed by atoms with van der Waals surface area (Å²) in [6, 6.07) is 0. The lowest BCUT2D eigenvalue weighted by molar-refractivity contribution is 0.248. The molecule has 0 fully saturated rings. The molecule has 0 saturated carbocycles. The molecule has 1 heteroatoms. The molecular weight excluding hydrogens is 112 g/mol. The third-order valence-corrected chi connectivity index (χ3v) is 0.654. The second kappa shape index (κ2) is 10.6. The van der Waals surface area contributed by atoms with E-state index in [0.717, 1.165) is 6.42 Å². The number of aliphatic hydroxyl groups excluding tert-OH is 1. The highest BCUT2D eigenvalue weighted by Gasteiger charge is 1.81. The average molecular weight is 130 g/mol. The first-order chi connectivity index (χ1) is 4.18. The second-order valence-electron chi connectivity index (χ2n) is 2.27. The molecule has 0 saturated heterocycles. The quantitative estimate of drug-likeness (QED) is 0.568. The normalized spacial score (nSPS) is 8.11. The minimum Gasteiger partial charge on any atom is -0.396 e. The van der Waals surface area contributed by atoms with Crippen LogP contribution in [0.5, 0.6) is 0 Å². The van der Waals surface area contributed by atoms with Gasteiger partial charge in [0, 0.05) is 6.61 Å². The molecule has 0 bridgehead atoms. The molecule has 0 aliphatic rings. The molecule has 0 aliphatic heterocycles. The van der Waals surface area contributed by atoms with Crippen LogP contribution in [0.4, 0.5) is 0 Å². The van der Waals surface area contributed by atoms with Crippen LogP contribution in [0.15, 0.2) is 12.7 Å². The number of aliphatic hydroxyl groups is 1. The predicted octanol–water partition coefficient (Wildman–Crippen LogP) is 2.22. The molecule has 0 unspecified atom stereocenters. The van der Waals surface area contributed by atoms with Crippen molar-refractivity contribution in [2.24, 2.45) is 5.92 Å². The van der Waals surface area contributed by atoms with Gasteiger partial charge in [-0.05, 0) is 12.3 Å². The predicted molar refractivity (Wildman–Crippen MR) is 42.4 cm³/mol. The van der Waals surface area contributed by atoms with Gasteiger partial charge in [0.1, 0.15) is 0 Å². The minimum atomic E-state index is 0.306. The van der Waals surface area contributed by atoms with E-state index in [1.165, 1.54) is 0 Å².